The van der Waals surface area contributed by atoms with Crippen LogP contribution in [0.1, 0.15) is 51.9 Å². The Morgan fingerprint density at radius 1 is 1.18 bits per heavy atom. The first kappa shape index (κ1) is 17.6. The highest BCUT2D eigenvalue weighted by molar-refractivity contribution is 6.36. The summed E-state index contributed by atoms with van der Waals surface area (Å²) < 4.78 is 0. The van der Waals surface area contributed by atoms with Crippen LogP contribution in [-0.4, -0.2) is 18.0 Å². The first-order chi connectivity index (χ1) is 10.6. The van der Waals surface area contributed by atoms with E-state index in [9.17, 15) is 4.79 Å². The molecule has 0 radical (unpaired) electrons. The second-order valence-corrected chi connectivity index (χ2v) is 7.04. The number of carbonyl (C=O) groups is 1. The smallest absolute Gasteiger partial charge is 0.282 e. The van der Waals surface area contributed by atoms with Gasteiger partial charge in [-0.25, -0.2) is 0 Å². The molecule has 1 saturated carbocycles. The van der Waals surface area contributed by atoms with Crippen LogP contribution in [-0.2, 0) is 4.79 Å². The first-order valence-electron chi connectivity index (χ1n) is 8.17. The molecule has 1 aliphatic carbocycles. The van der Waals surface area contributed by atoms with Crippen LogP contribution in [0.15, 0.2) is 18.2 Å². The van der Waals surface area contributed by atoms with Crippen molar-refractivity contribution in [2.75, 3.05) is 5.32 Å². The number of anilines is 1. The van der Waals surface area contributed by atoms with Gasteiger partial charge in [-0.05, 0) is 50.8 Å². The highest BCUT2D eigenvalue weighted by Gasteiger charge is 2.22. The molecule has 0 saturated heterocycles. The zero-order valence-corrected chi connectivity index (χ0v) is 14.6. The fourth-order valence-electron chi connectivity index (χ4n) is 3.01. The van der Waals surface area contributed by atoms with Crippen LogP contribution >= 0.6 is 23.2 Å². The first-order valence-corrected chi connectivity index (χ1v) is 8.93. The van der Waals surface area contributed by atoms with Crippen LogP contribution in [0.2, 0.25) is 10.0 Å². The van der Waals surface area contributed by atoms with E-state index in [2.05, 4.69) is 10.6 Å². The quantitative estimate of drug-likeness (QED) is 0.852. The Balaban J connectivity index is 1.88. The Labute approximate surface area is 142 Å². The summed E-state index contributed by atoms with van der Waals surface area (Å²) in [5, 5.41) is 6.14. The van der Waals surface area contributed by atoms with E-state index in [1.165, 1.54) is 44.9 Å². The summed E-state index contributed by atoms with van der Waals surface area (Å²) in [6.45, 7) is 1.96. The van der Waals surface area contributed by atoms with E-state index in [0.717, 1.165) is 0 Å². The van der Waals surface area contributed by atoms with Crippen molar-refractivity contribution in [2.24, 2.45) is 0 Å². The number of hydrogen-bond acceptors (Lipinski definition) is 1. The Hall–Kier alpha value is -0.770. The highest BCUT2D eigenvalue weighted by atomic mass is 35.5. The van der Waals surface area contributed by atoms with Gasteiger partial charge in [0.15, 0.2) is 6.04 Å². The predicted octanol–water partition coefficient (Wildman–Crippen LogP) is 4.00. The molecule has 5 heteroatoms. The molecule has 1 aromatic carbocycles. The second-order valence-electron chi connectivity index (χ2n) is 6.20. The molecule has 1 atom stereocenters. The Morgan fingerprint density at radius 3 is 2.45 bits per heavy atom. The number of rotatable bonds is 4. The maximum absolute atomic E-state index is 12.3. The maximum atomic E-state index is 12.3. The van der Waals surface area contributed by atoms with Gasteiger partial charge in [0.05, 0.1) is 16.8 Å². The average Bonchev–Trinajstić information content (AvgIpc) is 2.44. The summed E-state index contributed by atoms with van der Waals surface area (Å²) in [6, 6.07) is 5.55. The number of quaternary nitrogens is 1. The van der Waals surface area contributed by atoms with Gasteiger partial charge < -0.3 is 10.6 Å². The van der Waals surface area contributed by atoms with Crippen LogP contribution in [0.3, 0.4) is 0 Å². The highest BCUT2D eigenvalue weighted by Crippen LogP contribution is 2.25. The van der Waals surface area contributed by atoms with Crippen molar-refractivity contribution < 1.29 is 10.1 Å². The topological polar surface area (TPSA) is 45.7 Å². The number of halogens is 2. The summed E-state index contributed by atoms with van der Waals surface area (Å²) in [5.41, 5.74) is 0.619. The molecule has 0 aliphatic heterocycles. The molecule has 22 heavy (non-hydrogen) atoms. The number of benzene rings is 1. The summed E-state index contributed by atoms with van der Waals surface area (Å²) >= 11 is 12.0. The zero-order valence-electron chi connectivity index (χ0n) is 13.1. The fourth-order valence-corrected chi connectivity index (χ4v) is 3.47. The minimum Gasteiger partial charge on any atom is -0.334 e. The molecular formula is C17H25Cl2N2O+. The third-order valence-corrected chi connectivity index (χ3v) is 4.86. The van der Waals surface area contributed by atoms with Gasteiger partial charge in [-0.1, -0.05) is 42.5 Å². The molecular weight excluding hydrogens is 319 g/mol. The van der Waals surface area contributed by atoms with Crippen molar-refractivity contribution in [3.05, 3.63) is 28.2 Å². The minimum absolute atomic E-state index is 0.00807. The molecule has 0 heterocycles. The number of nitrogens with two attached hydrogens (primary N) is 1. The minimum atomic E-state index is -0.115. The average molecular weight is 344 g/mol. The summed E-state index contributed by atoms with van der Waals surface area (Å²) in [6.07, 6.45) is 8.98. The maximum Gasteiger partial charge on any atom is 0.282 e. The third kappa shape index (κ3) is 5.45. The number of carbonyl (C=O) groups excluding carboxylic acids is 1. The normalized spacial score (nSPS) is 18.3. The van der Waals surface area contributed by atoms with E-state index in [1.54, 1.807) is 18.2 Å². The molecule has 0 spiro atoms. The van der Waals surface area contributed by atoms with Crippen molar-refractivity contribution in [3.63, 3.8) is 0 Å². The standard InChI is InChI=1S/C17H24Cl2N2O/c1-12(20-14-7-5-3-2-4-6-8-14)17(22)21-16-10-9-13(18)11-15(16)19/h9-12,14,20H,2-8H2,1H3,(H,21,22)/p+1/t12-/m0/s1. The van der Waals surface area contributed by atoms with Crippen LogP contribution in [0.4, 0.5) is 5.69 Å². The van der Waals surface area contributed by atoms with Crippen molar-refractivity contribution in [3.8, 4) is 0 Å². The zero-order chi connectivity index (χ0) is 15.9. The van der Waals surface area contributed by atoms with Gasteiger partial charge in [0.2, 0.25) is 0 Å². The summed E-state index contributed by atoms with van der Waals surface area (Å²) in [4.78, 5) is 12.3. The Bertz CT molecular complexity index is 499. The molecule has 2 rings (SSSR count). The van der Waals surface area contributed by atoms with Crippen molar-refractivity contribution in [1.29, 1.82) is 0 Å². The summed E-state index contributed by atoms with van der Waals surface area (Å²) in [5.74, 6) is -0.00807. The molecule has 1 fully saturated rings. The van der Waals surface area contributed by atoms with E-state index >= 15 is 0 Å². The second kappa shape index (κ2) is 8.76. The molecule has 1 aliphatic rings. The lowest BCUT2D eigenvalue weighted by Gasteiger charge is -2.21. The van der Waals surface area contributed by atoms with E-state index in [0.29, 0.717) is 21.8 Å². The van der Waals surface area contributed by atoms with Gasteiger partial charge >= 0.3 is 0 Å². The van der Waals surface area contributed by atoms with Crippen LogP contribution in [0.25, 0.3) is 0 Å². The molecule has 122 valence electrons. The van der Waals surface area contributed by atoms with Gasteiger partial charge in [0.25, 0.3) is 5.91 Å². The van der Waals surface area contributed by atoms with E-state index in [4.69, 9.17) is 23.2 Å². The predicted molar refractivity (Wildman–Crippen MR) is 92.6 cm³/mol. The molecule has 0 bridgehead atoms. The van der Waals surface area contributed by atoms with Crippen molar-refractivity contribution >= 4 is 34.8 Å². The van der Waals surface area contributed by atoms with Crippen LogP contribution < -0.4 is 10.6 Å². The molecule has 3 N–H and O–H groups in total. The largest absolute Gasteiger partial charge is 0.334 e. The van der Waals surface area contributed by atoms with Gasteiger partial charge in [-0.3, -0.25) is 4.79 Å². The molecule has 1 amide bonds. The third-order valence-electron chi connectivity index (χ3n) is 4.31. The van der Waals surface area contributed by atoms with Gasteiger partial charge in [0.1, 0.15) is 0 Å². The number of hydrogen-bond donors (Lipinski definition) is 2. The van der Waals surface area contributed by atoms with E-state index in [1.807, 2.05) is 6.92 Å². The van der Waals surface area contributed by atoms with Crippen molar-refractivity contribution in [2.45, 2.75) is 64.0 Å². The lowest BCUT2D eigenvalue weighted by molar-refractivity contribution is -0.707. The SMILES string of the molecule is C[C@H]([NH2+]C1CCCCCCC1)C(=O)Nc1ccc(Cl)cc1Cl. The van der Waals surface area contributed by atoms with Crippen molar-refractivity contribution in [1.82, 2.24) is 0 Å². The molecule has 0 aromatic heterocycles. The van der Waals surface area contributed by atoms with Gasteiger partial charge in [-0.2, -0.15) is 0 Å². The lowest BCUT2D eigenvalue weighted by atomic mass is 9.96. The fraction of sp³-hybridized carbons (Fsp3) is 0.588. The Morgan fingerprint density at radius 2 is 1.82 bits per heavy atom. The van der Waals surface area contributed by atoms with E-state index in [-0.39, 0.29) is 11.9 Å². The summed E-state index contributed by atoms with van der Waals surface area (Å²) in [7, 11) is 0. The van der Waals surface area contributed by atoms with Gasteiger partial charge in [-0.15, -0.1) is 0 Å². The lowest BCUT2D eigenvalue weighted by Crippen LogP contribution is -2.96. The Kier molecular flexibility index (Phi) is 7.00. The monoisotopic (exact) mass is 343 g/mol. The van der Waals surface area contributed by atoms with Gasteiger partial charge in [0, 0.05) is 5.02 Å². The van der Waals surface area contributed by atoms with E-state index < -0.39 is 0 Å². The number of nitrogens with one attached hydrogen (secondary N) is 1. The molecule has 3 nitrogen and oxygen atoms in total. The van der Waals surface area contributed by atoms with Crippen LogP contribution in [0.5, 0.6) is 0 Å². The number of amides is 1. The molecule has 1 aromatic rings. The van der Waals surface area contributed by atoms with Crippen LogP contribution in [0, 0.1) is 0 Å². The molecule has 0 unspecified atom stereocenters.